The van der Waals surface area contributed by atoms with Crippen LogP contribution in [0.15, 0.2) is 0 Å². The van der Waals surface area contributed by atoms with Gasteiger partial charge in [0.15, 0.2) is 0 Å². The van der Waals surface area contributed by atoms with Crippen molar-refractivity contribution >= 4 is 5.97 Å². The Morgan fingerprint density at radius 1 is 1.58 bits per heavy atom. The highest BCUT2D eigenvalue weighted by Gasteiger charge is 2.31. The second kappa shape index (κ2) is 4.48. The van der Waals surface area contributed by atoms with Gasteiger partial charge in [0.2, 0.25) is 0 Å². The van der Waals surface area contributed by atoms with Crippen LogP contribution in [0.4, 0.5) is 0 Å². The zero-order chi connectivity index (χ0) is 8.97. The lowest BCUT2D eigenvalue weighted by molar-refractivity contribution is -0.138. The minimum absolute atomic E-state index is 0.394. The molecule has 1 atom stereocenters. The summed E-state index contributed by atoms with van der Waals surface area (Å²) < 4.78 is 0. The molecule has 0 saturated heterocycles. The Bertz CT molecular complexity index is 150. The number of rotatable bonds is 6. The van der Waals surface area contributed by atoms with Crippen molar-refractivity contribution in [3.05, 3.63) is 0 Å². The highest BCUT2D eigenvalue weighted by atomic mass is 16.4. The fraction of sp³-hybridized carbons (Fsp3) is 0.900. The lowest BCUT2D eigenvalue weighted by Gasteiger charge is -2.12. The van der Waals surface area contributed by atoms with E-state index in [-0.39, 0.29) is 0 Å². The van der Waals surface area contributed by atoms with Crippen LogP contribution in [-0.4, -0.2) is 11.1 Å². The highest BCUT2D eigenvalue weighted by molar-refractivity contribution is 5.67. The molecular formula is C10H18O2. The standard InChI is InChI=1S/C10H18O2/c1-2-3-4-9(7-10(11)12)8-5-6-8/h8-9H,2-7H2,1H3,(H,11,12). The van der Waals surface area contributed by atoms with E-state index in [1.807, 2.05) is 0 Å². The highest BCUT2D eigenvalue weighted by Crippen LogP contribution is 2.40. The van der Waals surface area contributed by atoms with Crippen LogP contribution >= 0.6 is 0 Å². The molecule has 1 saturated carbocycles. The molecule has 1 aliphatic carbocycles. The maximum absolute atomic E-state index is 10.5. The molecule has 2 heteroatoms. The minimum Gasteiger partial charge on any atom is -0.481 e. The maximum atomic E-state index is 10.5. The van der Waals surface area contributed by atoms with Crippen LogP contribution in [0.2, 0.25) is 0 Å². The number of unbranched alkanes of at least 4 members (excludes halogenated alkanes) is 1. The lowest BCUT2D eigenvalue weighted by atomic mass is 9.94. The van der Waals surface area contributed by atoms with Crippen molar-refractivity contribution in [2.24, 2.45) is 11.8 Å². The van der Waals surface area contributed by atoms with Crippen molar-refractivity contribution in [1.29, 1.82) is 0 Å². The van der Waals surface area contributed by atoms with Gasteiger partial charge in [0.25, 0.3) is 0 Å². The third kappa shape index (κ3) is 3.24. The molecule has 0 bridgehead atoms. The van der Waals surface area contributed by atoms with E-state index in [4.69, 9.17) is 5.11 Å². The fourth-order valence-electron chi connectivity index (χ4n) is 1.76. The number of carboxylic acid groups (broad SMARTS) is 1. The SMILES string of the molecule is CCCCC(CC(=O)O)C1CC1. The topological polar surface area (TPSA) is 37.3 Å². The number of hydrogen-bond donors (Lipinski definition) is 1. The van der Waals surface area contributed by atoms with E-state index in [1.165, 1.54) is 25.7 Å². The van der Waals surface area contributed by atoms with Crippen molar-refractivity contribution in [2.75, 3.05) is 0 Å². The molecular weight excluding hydrogens is 152 g/mol. The third-order valence-corrected chi connectivity index (χ3v) is 2.65. The van der Waals surface area contributed by atoms with Crippen LogP contribution in [0.5, 0.6) is 0 Å². The first-order valence-corrected chi connectivity index (χ1v) is 4.95. The van der Waals surface area contributed by atoms with E-state index in [0.29, 0.717) is 12.3 Å². The molecule has 1 unspecified atom stereocenters. The Morgan fingerprint density at radius 3 is 2.67 bits per heavy atom. The molecule has 1 aliphatic rings. The summed E-state index contributed by atoms with van der Waals surface area (Å²) in [5.74, 6) is 0.595. The maximum Gasteiger partial charge on any atom is 0.303 e. The van der Waals surface area contributed by atoms with Gasteiger partial charge < -0.3 is 5.11 Å². The van der Waals surface area contributed by atoms with Crippen LogP contribution in [-0.2, 0) is 4.79 Å². The summed E-state index contributed by atoms with van der Waals surface area (Å²) in [4.78, 5) is 10.5. The molecule has 70 valence electrons. The van der Waals surface area contributed by atoms with Gasteiger partial charge in [-0.15, -0.1) is 0 Å². The Balaban J connectivity index is 2.22. The Hall–Kier alpha value is -0.530. The van der Waals surface area contributed by atoms with Crippen molar-refractivity contribution in [1.82, 2.24) is 0 Å². The van der Waals surface area contributed by atoms with Crippen molar-refractivity contribution in [2.45, 2.75) is 45.4 Å². The third-order valence-electron chi connectivity index (χ3n) is 2.65. The van der Waals surface area contributed by atoms with E-state index in [9.17, 15) is 4.79 Å². The molecule has 1 rings (SSSR count). The van der Waals surface area contributed by atoms with Crippen LogP contribution in [0.1, 0.15) is 45.4 Å². The van der Waals surface area contributed by atoms with E-state index in [0.717, 1.165) is 12.3 Å². The Morgan fingerprint density at radius 2 is 2.25 bits per heavy atom. The van der Waals surface area contributed by atoms with Crippen LogP contribution in [0, 0.1) is 11.8 Å². The molecule has 0 heterocycles. The monoisotopic (exact) mass is 170 g/mol. The summed E-state index contributed by atoms with van der Waals surface area (Å²) in [6.45, 7) is 2.16. The predicted octanol–water partition coefficient (Wildman–Crippen LogP) is 2.68. The second-order valence-corrected chi connectivity index (χ2v) is 3.84. The molecule has 0 amide bonds. The summed E-state index contributed by atoms with van der Waals surface area (Å²) in [5.41, 5.74) is 0. The molecule has 1 fully saturated rings. The van der Waals surface area contributed by atoms with Crippen LogP contribution in [0.25, 0.3) is 0 Å². The first-order valence-electron chi connectivity index (χ1n) is 4.95. The minimum atomic E-state index is -0.622. The van der Waals surface area contributed by atoms with E-state index < -0.39 is 5.97 Å². The molecule has 0 aromatic heterocycles. The van der Waals surface area contributed by atoms with Gasteiger partial charge in [-0.2, -0.15) is 0 Å². The van der Waals surface area contributed by atoms with Gasteiger partial charge in [0.05, 0.1) is 0 Å². The molecule has 0 aromatic carbocycles. The number of hydrogen-bond acceptors (Lipinski definition) is 1. The summed E-state index contributed by atoms with van der Waals surface area (Å²) in [7, 11) is 0. The molecule has 0 radical (unpaired) electrons. The zero-order valence-electron chi connectivity index (χ0n) is 7.75. The van der Waals surface area contributed by atoms with Crippen molar-refractivity contribution in [3.8, 4) is 0 Å². The first kappa shape index (κ1) is 9.56. The smallest absolute Gasteiger partial charge is 0.303 e. The quantitative estimate of drug-likeness (QED) is 0.665. The van der Waals surface area contributed by atoms with Gasteiger partial charge >= 0.3 is 5.97 Å². The molecule has 1 N–H and O–H groups in total. The van der Waals surface area contributed by atoms with Gasteiger partial charge in [-0.25, -0.2) is 0 Å². The fourth-order valence-corrected chi connectivity index (χ4v) is 1.76. The molecule has 0 spiro atoms. The van der Waals surface area contributed by atoms with Gasteiger partial charge in [-0.1, -0.05) is 19.8 Å². The average molecular weight is 170 g/mol. The van der Waals surface area contributed by atoms with Gasteiger partial charge in [0.1, 0.15) is 0 Å². The first-order chi connectivity index (χ1) is 5.74. The summed E-state index contributed by atoms with van der Waals surface area (Å²) in [6, 6.07) is 0. The zero-order valence-corrected chi connectivity index (χ0v) is 7.75. The van der Waals surface area contributed by atoms with E-state index in [2.05, 4.69) is 6.92 Å². The van der Waals surface area contributed by atoms with E-state index >= 15 is 0 Å². The van der Waals surface area contributed by atoms with Gasteiger partial charge in [0, 0.05) is 6.42 Å². The lowest BCUT2D eigenvalue weighted by Crippen LogP contribution is -2.09. The van der Waals surface area contributed by atoms with Crippen molar-refractivity contribution in [3.63, 3.8) is 0 Å². The van der Waals surface area contributed by atoms with Crippen LogP contribution in [0.3, 0.4) is 0 Å². The number of aliphatic carboxylic acids is 1. The predicted molar refractivity (Wildman–Crippen MR) is 48.0 cm³/mol. The van der Waals surface area contributed by atoms with Crippen molar-refractivity contribution < 1.29 is 9.90 Å². The number of carbonyl (C=O) groups is 1. The molecule has 0 aliphatic heterocycles. The summed E-state index contributed by atoms with van der Waals surface area (Å²) in [6.07, 6.45) is 6.42. The molecule has 12 heavy (non-hydrogen) atoms. The Kier molecular flexibility index (Phi) is 3.57. The van der Waals surface area contributed by atoms with Gasteiger partial charge in [-0.3, -0.25) is 4.79 Å². The average Bonchev–Trinajstić information content (AvgIpc) is 2.79. The molecule has 0 aromatic rings. The van der Waals surface area contributed by atoms with Crippen LogP contribution < -0.4 is 0 Å². The largest absolute Gasteiger partial charge is 0.481 e. The summed E-state index contributed by atoms with van der Waals surface area (Å²) in [5, 5.41) is 8.66. The Labute approximate surface area is 74.0 Å². The van der Waals surface area contributed by atoms with E-state index in [1.54, 1.807) is 0 Å². The van der Waals surface area contributed by atoms with Gasteiger partial charge in [-0.05, 0) is 31.1 Å². The normalized spacial score (nSPS) is 19.1. The second-order valence-electron chi connectivity index (χ2n) is 3.84. The molecule has 2 nitrogen and oxygen atoms in total. The summed E-state index contributed by atoms with van der Waals surface area (Å²) >= 11 is 0. The number of carboxylic acids is 1.